The molecule has 150 valence electrons. The number of rotatable bonds is 2. The molecule has 0 spiro atoms. The van der Waals surface area contributed by atoms with Crippen LogP contribution in [0.15, 0.2) is 76.3 Å². The lowest BCUT2D eigenvalue weighted by Gasteiger charge is -2.34. The van der Waals surface area contributed by atoms with Crippen LogP contribution < -0.4 is 4.80 Å². The van der Waals surface area contributed by atoms with Crippen LogP contribution in [0.5, 0.6) is 0 Å². The second-order valence-corrected chi connectivity index (χ2v) is 8.27. The molecule has 0 saturated heterocycles. The van der Waals surface area contributed by atoms with Crippen molar-refractivity contribution in [2.45, 2.75) is 19.0 Å². The third-order valence-electron chi connectivity index (χ3n) is 5.45. The molecule has 30 heavy (non-hydrogen) atoms. The minimum Gasteiger partial charge on any atom is -0.459 e. The fourth-order valence-corrected chi connectivity index (χ4v) is 4.88. The number of carbonyl (C=O) groups excluding carboxylic acids is 2. The number of aryl methyl sites for hydroxylation is 1. The van der Waals surface area contributed by atoms with E-state index in [1.54, 1.807) is 17.0 Å². The smallest absolute Gasteiger partial charge is 0.290 e. The molecule has 3 heterocycles. The molecule has 2 amide bonds. The van der Waals surface area contributed by atoms with Crippen molar-refractivity contribution in [2.24, 2.45) is 12.0 Å². The Hall–Kier alpha value is -3.45. The maximum Gasteiger partial charge on any atom is 0.290 e. The molecule has 0 unspecified atom stereocenters. The Labute approximate surface area is 176 Å². The Morgan fingerprint density at radius 2 is 1.80 bits per heavy atom. The van der Waals surface area contributed by atoms with Crippen LogP contribution in [-0.2, 0) is 24.8 Å². The number of hydrogen-bond donors (Lipinski definition) is 0. The molecule has 0 saturated carbocycles. The Balaban J connectivity index is 1.56. The van der Waals surface area contributed by atoms with Gasteiger partial charge in [0, 0.05) is 20.0 Å². The van der Waals surface area contributed by atoms with Gasteiger partial charge in [0.2, 0.25) is 0 Å². The van der Waals surface area contributed by atoms with Crippen molar-refractivity contribution in [3.05, 3.63) is 88.6 Å². The van der Waals surface area contributed by atoms with Gasteiger partial charge in [0.1, 0.15) is 6.04 Å². The van der Waals surface area contributed by atoms with Crippen LogP contribution in [0.3, 0.4) is 0 Å². The summed E-state index contributed by atoms with van der Waals surface area (Å²) >= 11 is 1.46. The lowest BCUT2D eigenvalue weighted by Crippen LogP contribution is -2.48. The van der Waals surface area contributed by atoms with E-state index in [1.165, 1.54) is 17.6 Å². The predicted molar refractivity (Wildman–Crippen MR) is 114 cm³/mol. The first-order valence-electron chi connectivity index (χ1n) is 9.66. The molecule has 0 radical (unpaired) electrons. The van der Waals surface area contributed by atoms with Crippen LogP contribution in [0, 0.1) is 0 Å². The van der Waals surface area contributed by atoms with Crippen molar-refractivity contribution in [3.8, 4) is 0 Å². The first-order valence-corrected chi connectivity index (χ1v) is 10.5. The summed E-state index contributed by atoms with van der Waals surface area (Å²) in [6.07, 6.45) is 1.89. The van der Waals surface area contributed by atoms with Gasteiger partial charge in [0.05, 0.1) is 16.5 Å². The first kappa shape index (κ1) is 18.6. The number of benzene rings is 2. The Kier molecular flexibility index (Phi) is 4.59. The molecule has 4 aromatic rings. The average molecular weight is 417 g/mol. The highest BCUT2D eigenvalue weighted by Crippen LogP contribution is 2.26. The fourth-order valence-electron chi connectivity index (χ4n) is 3.86. The van der Waals surface area contributed by atoms with E-state index in [2.05, 4.69) is 4.99 Å². The number of furan rings is 1. The quantitative estimate of drug-likeness (QED) is 0.501. The molecule has 7 heteroatoms. The molecule has 0 N–H and O–H groups in total. The predicted octanol–water partition coefficient (Wildman–Crippen LogP) is 3.53. The molecular formula is C23H19N3O3S. The zero-order valence-electron chi connectivity index (χ0n) is 16.3. The van der Waals surface area contributed by atoms with Crippen LogP contribution in [0.1, 0.15) is 21.7 Å². The van der Waals surface area contributed by atoms with E-state index in [-0.39, 0.29) is 17.6 Å². The van der Waals surface area contributed by atoms with Gasteiger partial charge in [-0.2, -0.15) is 4.99 Å². The van der Waals surface area contributed by atoms with Crippen molar-refractivity contribution in [1.29, 1.82) is 0 Å². The van der Waals surface area contributed by atoms with E-state index < -0.39 is 6.04 Å². The molecule has 0 fully saturated rings. The molecule has 6 nitrogen and oxygen atoms in total. The summed E-state index contributed by atoms with van der Waals surface area (Å²) in [5, 5.41) is 0. The Morgan fingerprint density at radius 1 is 1.03 bits per heavy atom. The Bertz CT molecular complexity index is 1320. The van der Waals surface area contributed by atoms with Crippen molar-refractivity contribution in [2.75, 3.05) is 0 Å². The number of amides is 2. The molecular weight excluding hydrogens is 398 g/mol. The SMILES string of the molecule is Cn1c(=NC(=O)[C@H]2Cc3ccccc3CN2C(=O)c2ccco2)sc2ccccc21. The van der Waals surface area contributed by atoms with E-state index in [1.807, 2.05) is 60.1 Å². The highest BCUT2D eigenvalue weighted by molar-refractivity contribution is 7.16. The van der Waals surface area contributed by atoms with Crippen LogP contribution in [0.2, 0.25) is 0 Å². The van der Waals surface area contributed by atoms with Crippen LogP contribution in [-0.4, -0.2) is 27.3 Å². The highest BCUT2D eigenvalue weighted by atomic mass is 32.1. The minimum absolute atomic E-state index is 0.222. The van der Waals surface area contributed by atoms with E-state index in [9.17, 15) is 9.59 Å². The lowest BCUT2D eigenvalue weighted by molar-refractivity contribution is -0.123. The summed E-state index contributed by atoms with van der Waals surface area (Å²) in [7, 11) is 1.90. The topological polar surface area (TPSA) is 67.8 Å². The maximum absolute atomic E-state index is 13.3. The number of nitrogens with zero attached hydrogens (tertiary/aromatic N) is 3. The number of thiazole rings is 1. The fraction of sp³-hybridized carbons (Fsp3) is 0.174. The Morgan fingerprint density at radius 3 is 2.57 bits per heavy atom. The maximum atomic E-state index is 13.3. The van der Waals surface area contributed by atoms with Crippen molar-refractivity contribution >= 4 is 33.4 Å². The van der Waals surface area contributed by atoms with Gasteiger partial charge in [-0.25, -0.2) is 0 Å². The summed E-state index contributed by atoms with van der Waals surface area (Å²) < 4.78 is 8.28. The summed E-state index contributed by atoms with van der Waals surface area (Å²) in [6, 6.07) is 18.4. The molecule has 1 atom stereocenters. The normalized spacial score (nSPS) is 16.6. The molecule has 5 rings (SSSR count). The van der Waals surface area contributed by atoms with Gasteiger partial charge < -0.3 is 13.9 Å². The number of carbonyl (C=O) groups is 2. The number of para-hydroxylation sites is 1. The first-order chi connectivity index (χ1) is 14.6. The second-order valence-electron chi connectivity index (χ2n) is 7.26. The van der Waals surface area contributed by atoms with E-state index >= 15 is 0 Å². The van der Waals surface area contributed by atoms with Gasteiger partial charge in [0.25, 0.3) is 11.8 Å². The van der Waals surface area contributed by atoms with E-state index in [0.717, 1.165) is 21.3 Å². The monoisotopic (exact) mass is 417 g/mol. The van der Waals surface area contributed by atoms with Gasteiger partial charge in [-0.3, -0.25) is 9.59 Å². The number of fused-ring (bicyclic) bond motifs is 2. The molecule has 1 aliphatic heterocycles. The zero-order chi connectivity index (χ0) is 20.7. The summed E-state index contributed by atoms with van der Waals surface area (Å²) in [4.78, 5) is 33.0. The number of aromatic nitrogens is 1. The van der Waals surface area contributed by atoms with Crippen molar-refractivity contribution < 1.29 is 14.0 Å². The van der Waals surface area contributed by atoms with E-state index in [0.29, 0.717) is 17.8 Å². The van der Waals surface area contributed by atoms with Crippen molar-refractivity contribution in [3.63, 3.8) is 0 Å². The average Bonchev–Trinajstić information content (AvgIpc) is 3.41. The summed E-state index contributed by atoms with van der Waals surface area (Å²) in [6.45, 7) is 0.347. The molecule has 2 aromatic heterocycles. The van der Waals surface area contributed by atoms with Gasteiger partial charge in [0.15, 0.2) is 10.6 Å². The molecule has 1 aliphatic rings. The molecule has 0 aliphatic carbocycles. The highest BCUT2D eigenvalue weighted by Gasteiger charge is 2.36. The third kappa shape index (κ3) is 3.17. The summed E-state index contributed by atoms with van der Waals surface area (Å²) in [5.41, 5.74) is 3.12. The lowest BCUT2D eigenvalue weighted by atomic mass is 9.93. The molecule has 2 aromatic carbocycles. The second kappa shape index (κ2) is 7.42. The van der Waals surface area contributed by atoms with Gasteiger partial charge >= 0.3 is 0 Å². The van der Waals surface area contributed by atoms with Crippen LogP contribution in [0.25, 0.3) is 10.2 Å². The van der Waals surface area contributed by atoms with E-state index in [4.69, 9.17) is 4.42 Å². The van der Waals surface area contributed by atoms with Gasteiger partial charge in [-0.15, -0.1) is 0 Å². The van der Waals surface area contributed by atoms with Gasteiger partial charge in [-0.05, 0) is 35.4 Å². The van der Waals surface area contributed by atoms with Crippen LogP contribution >= 0.6 is 11.3 Å². The standard InChI is InChI=1S/C23H19N3O3S/c1-25-17-9-4-5-11-20(17)30-23(25)24-21(27)18-13-15-7-2-3-8-16(15)14-26(18)22(28)19-10-6-12-29-19/h2-12,18H,13-14H2,1H3/t18-/m1/s1. The summed E-state index contributed by atoms with van der Waals surface area (Å²) in [5.74, 6) is -0.407. The minimum atomic E-state index is -0.678. The zero-order valence-corrected chi connectivity index (χ0v) is 17.1. The molecule has 0 bridgehead atoms. The number of hydrogen-bond acceptors (Lipinski definition) is 4. The third-order valence-corrected chi connectivity index (χ3v) is 6.56. The van der Waals surface area contributed by atoms with Crippen LogP contribution in [0.4, 0.5) is 0 Å². The van der Waals surface area contributed by atoms with Gasteiger partial charge in [-0.1, -0.05) is 47.7 Å². The largest absolute Gasteiger partial charge is 0.459 e. The van der Waals surface area contributed by atoms with Crippen molar-refractivity contribution in [1.82, 2.24) is 9.47 Å².